The lowest BCUT2D eigenvalue weighted by Gasteiger charge is -2.15. The van der Waals surface area contributed by atoms with Gasteiger partial charge in [-0.2, -0.15) is 0 Å². The number of halogens is 3. The van der Waals surface area contributed by atoms with E-state index in [0.717, 1.165) is 6.07 Å². The van der Waals surface area contributed by atoms with Gasteiger partial charge in [0.15, 0.2) is 6.20 Å². The van der Waals surface area contributed by atoms with E-state index in [1.54, 1.807) is 39.7 Å². The molecule has 30 heavy (non-hydrogen) atoms. The van der Waals surface area contributed by atoms with Crippen molar-refractivity contribution in [3.05, 3.63) is 48.9 Å². The predicted octanol–water partition coefficient (Wildman–Crippen LogP) is 3.31. The van der Waals surface area contributed by atoms with Crippen molar-refractivity contribution in [2.75, 3.05) is 19.0 Å². The van der Waals surface area contributed by atoms with Crippen LogP contribution in [0.3, 0.4) is 0 Å². The van der Waals surface area contributed by atoms with E-state index >= 15 is 0 Å². The Bertz CT molecular complexity index is 1180. The Morgan fingerprint density at radius 2 is 2.07 bits per heavy atom. The molecule has 0 radical (unpaired) electrons. The van der Waals surface area contributed by atoms with Crippen LogP contribution in [0.4, 0.5) is 19.1 Å². The number of rotatable bonds is 6. The monoisotopic (exact) mass is 417 g/mol. The first kappa shape index (κ1) is 19.4. The van der Waals surface area contributed by atoms with Crippen LogP contribution in [-0.2, 0) is 0 Å². The zero-order valence-corrected chi connectivity index (χ0v) is 15.7. The number of methoxy groups -OCH3 is 1. The maximum absolute atomic E-state index is 12.9. The van der Waals surface area contributed by atoms with Gasteiger partial charge in [0.25, 0.3) is 0 Å². The molecule has 0 unspecified atom stereocenters. The summed E-state index contributed by atoms with van der Waals surface area (Å²) in [6.07, 6.45) is 0.184. The van der Waals surface area contributed by atoms with Crippen molar-refractivity contribution in [2.45, 2.75) is 6.36 Å². The van der Waals surface area contributed by atoms with Crippen LogP contribution in [0.2, 0.25) is 0 Å². The molecular weight excluding hydrogens is 401 g/mol. The largest absolute Gasteiger partial charge is 0.573 e. The summed E-state index contributed by atoms with van der Waals surface area (Å²) in [6, 6.07) is 7.59. The summed E-state index contributed by atoms with van der Waals surface area (Å²) < 4.78 is 51.3. The molecule has 4 rings (SSSR count). The van der Waals surface area contributed by atoms with Gasteiger partial charge in [-0.15, -0.1) is 23.4 Å². The molecular formula is C19H16F3N6O2+. The number of alkyl halides is 3. The van der Waals surface area contributed by atoms with Gasteiger partial charge < -0.3 is 14.8 Å². The number of aliphatic imine (C=N–C) groups is 1. The molecule has 1 N–H and O–H groups in total. The number of fused-ring (bicyclic) bond motifs is 1. The highest BCUT2D eigenvalue weighted by molar-refractivity contribution is 5.84. The summed E-state index contributed by atoms with van der Waals surface area (Å²) in [5, 5.41) is 11.4. The molecule has 154 valence electrons. The molecule has 0 aliphatic carbocycles. The number of ether oxygens (including phenoxy) is 2. The van der Waals surface area contributed by atoms with Gasteiger partial charge in [-0.25, -0.2) is 4.58 Å². The molecule has 0 fully saturated rings. The number of benzene rings is 1. The van der Waals surface area contributed by atoms with Crippen molar-refractivity contribution in [2.24, 2.45) is 4.99 Å². The third-order valence-electron chi connectivity index (χ3n) is 4.34. The fourth-order valence-corrected chi connectivity index (χ4v) is 2.97. The Labute approximate surface area is 168 Å². The van der Waals surface area contributed by atoms with Gasteiger partial charge in [0.2, 0.25) is 5.95 Å². The van der Waals surface area contributed by atoms with Gasteiger partial charge >= 0.3 is 12.2 Å². The molecule has 2 aromatic heterocycles. The van der Waals surface area contributed by atoms with Crippen LogP contribution in [0.5, 0.6) is 11.5 Å². The molecule has 0 saturated carbocycles. The maximum Gasteiger partial charge on any atom is 0.573 e. The molecule has 1 aromatic carbocycles. The third kappa shape index (κ3) is 3.81. The van der Waals surface area contributed by atoms with Crippen LogP contribution in [0.25, 0.3) is 16.8 Å². The highest BCUT2D eigenvalue weighted by atomic mass is 19.4. The Morgan fingerprint density at radius 3 is 2.77 bits per heavy atom. The van der Waals surface area contributed by atoms with Gasteiger partial charge in [0.1, 0.15) is 29.9 Å². The van der Waals surface area contributed by atoms with Gasteiger partial charge in [-0.1, -0.05) is 0 Å². The first-order valence-electron chi connectivity index (χ1n) is 8.70. The SMILES string of the molecule is C=[N+]1C=CN=C1CNc1nnc(-c2ccc(OC)cc2OC(F)(F)F)c2cccn12. The Morgan fingerprint density at radius 1 is 1.23 bits per heavy atom. The second kappa shape index (κ2) is 7.50. The number of hydrogen-bond acceptors (Lipinski definition) is 6. The molecule has 1 aliphatic rings. The van der Waals surface area contributed by atoms with E-state index in [1.165, 1.54) is 19.2 Å². The van der Waals surface area contributed by atoms with E-state index in [-0.39, 0.29) is 17.0 Å². The lowest BCUT2D eigenvalue weighted by molar-refractivity contribution is -0.310. The first-order valence-corrected chi connectivity index (χ1v) is 8.70. The second-order valence-electron chi connectivity index (χ2n) is 6.21. The lowest BCUT2D eigenvalue weighted by atomic mass is 10.1. The van der Waals surface area contributed by atoms with Crippen LogP contribution >= 0.6 is 0 Å². The molecule has 0 atom stereocenters. The van der Waals surface area contributed by atoms with Crippen LogP contribution in [-0.4, -0.2) is 51.7 Å². The molecule has 0 saturated heterocycles. The predicted molar refractivity (Wildman–Crippen MR) is 104 cm³/mol. The minimum atomic E-state index is -4.87. The molecule has 3 aromatic rings. The molecule has 11 heteroatoms. The molecule has 8 nitrogen and oxygen atoms in total. The molecule has 0 amide bonds. The molecule has 0 bridgehead atoms. The van der Waals surface area contributed by atoms with Crippen LogP contribution < -0.4 is 14.8 Å². The highest BCUT2D eigenvalue weighted by Crippen LogP contribution is 2.37. The smallest absolute Gasteiger partial charge is 0.497 e. The number of amidine groups is 1. The summed E-state index contributed by atoms with van der Waals surface area (Å²) in [7, 11) is 1.36. The molecule has 1 aliphatic heterocycles. The normalized spacial score (nSPS) is 13.6. The van der Waals surface area contributed by atoms with Gasteiger partial charge in [0.05, 0.1) is 19.3 Å². The van der Waals surface area contributed by atoms with E-state index in [1.807, 2.05) is 0 Å². The third-order valence-corrected chi connectivity index (χ3v) is 4.34. The minimum Gasteiger partial charge on any atom is -0.497 e. The number of hydrogen-bond donors (Lipinski definition) is 1. The van der Waals surface area contributed by atoms with Gasteiger partial charge in [-0.05, 0) is 29.3 Å². The van der Waals surface area contributed by atoms with Crippen molar-refractivity contribution < 1.29 is 27.2 Å². The second-order valence-corrected chi connectivity index (χ2v) is 6.21. The fraction of sp³-hybridized carbons (Fsp3) is 0.158. The number of aromatic nitrogens is 3. The average Bonchev–Trinajstić information content (AvgIpc) is 3.34. The zero-order valence-electron chi connectivity index (χ0n) is 15.7. The number of anilines is 1. The fourth-order valence-electron chi connectivity index (χ4n) is 2.97. The molecule has 3 heterocycles. The minimum absolute atomic E-state index is 0.129. The standard InChI is InChI=1S/C19H16F3N6O2/c1-27-9-7-23-16(27)11-24-18-26-25-17(14-4-3-8-28(14)18)13-6-5-12(29-2)10-15(13)30-19(20,21)22/h3-10H,1,11H2,2H3,(H,24,26)/q+1. The Hall–Kier alpha value is -3.89. The first-order chi connectivity index (χ1) is 14.4. The maximum atomic E-state index is 12.9. The average molecular weight is 417 g/mol. The van der Waals surface area contributed by atoms with Gasteiger partial charge in [-0.3, -0.25) is 4.40 Å². The van der Waals surface area contributed by atoms with E-state index in [0.29, 0.717) is 23.8 Å². The summed E-state index contributed by atoms with van der Waals surface area (Å²) >= 11 is 0. The highest BCUT2D eigenvalue weighted by Gasteiger charge is 2.33. The van der Waals surface area contributed by atoms with Crippen LogP contribution in [0.1, 0.15) is 0 Å². The quantitative estimate of drug-likeness (QED) is 0.623. The van der Waals surface area contributed by atoms with Gasteiger partial charge in [0, 0.05) is 17.8 Å². The van der Waals surface area contributed by atoms with Crippen molar-refractivity contribution in [3.8, 4) is 22.8 Å². The topological polar surface area (TPSA) is 76.0 Å². The van der Waals surface area contributed by atoms with E-state index < -0.39 is 12.1 Å². The summed E-state index contributed by atoms with van der Waals surface area (Å²) in [4.78, 5) is 4.17. The van der Waals surface area contributed by atoms with Crippen molar-refractivity contribution in [1.29, 1.82) is 0 Å². The van der Waals surface area contributed by atoms with Crippen LogP contribution in [0.15, 0.2) is 53.9 Å². The van der Waals surface area contributed by atoms with E-state index in [2.05, 4.69) is 32.0 Å². The van der Waals surface area contributed by atoms with Crippen molar-refractivity contribution >= 4 is 24.0 Å². The summed E-state index contributed by atoms with van der Waals surface area (Å²) in [5.74, 6) is 0.865. The summed E-state index contributed by atoms with van der Waals surface area (Å²) in [6.45, 7) is 4.14. The molecule has 0 spiro atoms. The Kier molecular flexibility index (Phi) is 4.86. The van der Waals surface area contributed by atoms with Crippen molar-refractivity contribution in [1.82, 2.24) is 14.6 Å². The zero-order chi connectivity index (χ0) is 21.3. The van der Waals surface area contributed by atoms with Crippen molar-refractivity contribution in [3.63, 3.8) is 0 Å². The van der Waals surface area contributed by atoms with E-state index in [4.69, 9.17) is 4.74 Å². The summed E-state index contributed by atoms with van der Waals surface area (Å²) in [5.41, 5.74) is 0.901. The van der Waals surface area contributed by atoms with E-state index in [9.17, 15) is 13.2 Å². The lowest BCUT2D eigenvalue weighted by Crippen LogP contribution is -2.22. The Balaban J connectivity index is 1.72. The van der Waals surface area contributed by atoms with Crippen LogP contribution in [0, 0.1) is 0 Å². The number of nitrogens with one attached hydrogen (secondary N) is 1. The number of nitrogens with zero attached hydrogens (tertiary/aromatic N) is 5.